The second-order valence-electron chi connectivity index (χ2n) is 5.69. The summed E-state index contributed by atoms with van der Waals surface area (Å²) in [6, 6.07) is 2.07. The quantitative estimate of drug-likeness (QED) is 0.594. The van der Waals surface area contributed by atoms with Crippen LogP contribution < -0.4 is 15.5 Å². The average molecular weight is 347 g/mol. The van der Waals surface area contributed by atoms with Crippen LogP contribution in [0.5, 0.6) is 0 Å². The molecule has 0 aliphatic heterocycles. The fourth-order valence-corrected chi connectivity index (χ4v) is 2.92. The van der Waals surface area contributed by atoms with Gasteiger partial charge in [-0.15, -0.1) is 11.3 Å². The van der Waals surface area contributed by atoms with E-state index in [0.717, 1.165) is 36.3 Å². The fraction of sp³-hybridized carbons (Fsp3) is 0.471. The Morgan fingerprint density at radius 3 is 2.83 bits per heavy atom. The van der Waals surface area contributed by atoms with Crippen molar-refractivity contribution in [2.75, 3.05) is 32.1 Å². The fourth-order valence-electron chi connectivity index (χ4n) is 2.17. The third-order valence-electron chi connectivity index (χ3n) is 3.49. The van der Waals surface area contributed by atoms with E-state index in [-0.39, 0.29) is 0 Å². The van der Waals surface area contributed by atoms with Crippen molar-refractivity contribution < 1.29 is 0 Å². The van der Waals surface area contributed by atoms with Crippen LogP contribution in [-0.2, 0) is 13.0 Å². The predicted octanol–water partition coefficient (Wildman–Crippen LogP) is 2.21. The monoisotopic (exact) mass is 346 g/mol. The molecule has 0 fully saturated rings. The van der Waals surface area contributed by atoms with Crippen LogP contribution in [0.25, 0.3) is 0 Å². The highest BCUT2D eigenvalue weighted by Crippen LogP contribution is 2.18. The molecular formula is C17H26N6S. The zero-order chi connectivity index (χ0) is 17.4. The van der Waals surface area contributed by atoms with E-state index in [9.17, 15) is 0 Å². The number of pyridine rings is 1. The van der Waals surface area contributed by atoms with Crippen LogP contribution >= 0.6 is 11.3 Å². The number of nitrogens with zero attached hydrogens (tertiary/aromatic N) is 4. The summed E-state index contributed by atoms with van der Waals surface area (Å²) in [6.07, 6.45) is 4.69. The van der Waals surface area contributed by atoms with Gasteiger partial charge in [-0.3, -0.25) is 4.98 Å². The molecule has 0 spiro atoms. The molecule has 7 heteroatoms. The van der Waals surface area contributed by atoms with Crippen molar-refractivity contribution in [3.05, 3.63) is 40.7 Å². The first-order chi connectivity index (χ1) is 11.6. The van der Waals surface area contributed by atoms with Gasteiger partial charge in [0.15, 0.2) is 11.1 Å². The first-order valence-electron chi connectivity index (χ1n) is 8.13. The summed E-state index contributed by atoms with van der Waals surface area (Å²) in [6.45, 7) is 6.40. The first-order valence-corrected chi connectivity index (χ1v) is 9.01. The molecule has 0 amide bonds. The maximum Gasteiger partial charge on any atom is 0.191 e. The zero-order valence-corrected chi connectivity index (χ0v) is 15.7. The molecule has 6 nitrogen and oxygen atoms in total. The Hall–Kier alpha value is -2.15. The molecule has 2 aromatic rings. The van der Waals surface area contributed by atoms with Crippen molar-refractivity contribution in [3.63, 3.8) is 0 Å². The molecule has 2 heterocycles. The minimum absolute atomic E-state index is 0.577. The number of hydrogen-bond acceptors (Lipinski definition) is 5. The van der Waals surface area contributed by atoms with Crippen molar-refractivity contribution in [2.45, 2.75) is 26.8 Å². The lowest BCUT2D eigenvalue weighted by atomic mass is 10.1. The van der Waals surface area contributed by atoms with Crippen LogP contribution in [0.4, 0.5) is 5.13 Å². The summed E-state index contributed by atoms with van der Waals surface area (Å²) < 4.78 is 0. The Labute approximate surface area is 148 Å². The highest BCUT2D eigenvalue weighted by Gasteiger charge is 2.04. The second-order valence-corrected chi connectivity index (χ2v) is 6.53. The Morgan fingerprint density at radius 2 is 2.17 bits per heavy atom. The Bertz CT molecular complexity index is 665. The first kappa shape index (κ1) is 18.2. The van der Waals surface area contributed by atoms with Gasteiger partial charge >= 0.3 is 0 Å². The number of guanidine groups is 1. The van der Waals surface area contributed by atoms with Gasteiger partial charge in [-0.05, 0) is 37.5 Å². The number of aromatic nitrogens is 2. The number of nitrogens with one attached hydrogen (secondary N) is 2. The standard InChI is InChI=1S/C17H26N6S/c1-5-19-16(20-9-7-14-6-8-18-10-13(14)2)21-11-15-12-24-17(22-15)23(3)4/h6,8,10,12H,5,7,9,11H2,1-4H3,(H2,19,20,21). The summed E-state index contributed by atoms with van der Waals surface area (Å²) >= 11 is 1.64. The maximum absolute atomic E-state index is 4.62. The lowest BCUT2D eigenvalue weighted by Crippen LogP contribution is -2.38. The SMILES string of the molecule is CCNC(=NCc1csc(N(C)C)n1)NCCc1ccncc1C. The molecular weight excluding hydrogens is 320 g/mol. The van der Waals surface area contributed by atoms with E-state index >= 15 is 0 Å². The van der Waals surface area contributed by atoms with E-state index in [1.54, 1.807) is 11.3 Å². The van der Waals surface area contributed by atoms with E-state index in [0.29, 0.717) is 6.54 Å². The van der Waals surface area contributed by atoms with E-state index in [1.807, 2.05) is 31.4 Å². The number of thiazole rings is 1. The molecule has 24 heavy (non-hydrogen) atoms. The van der Waals surface area contributed by atoms with Gasteiger partial charge in [0.25, 0.3) is 0 Å². The zero-order valence-electron chi connectivity index (χ0n) is 14.8. The van der Waals surface area contributed by atoms with Crippen LogP contribution in [0, 0.1) is 6.92 Å². The summed E-state index contributed by atoms with van der Waals surface area (Å²) in [5, 5.41) is 9.72. The van der Waals surface area contributed by atoms with Crippen LogP contribution in [0.1, 0.15) is 23.7 Å². The third kappa shape index (κ3) is 5.49. The van der Waals surface area contributed by atoms with Crippen molar-refractivity contribution in [3.8, 4) is 0 Å². The van der Waals surface area contributed by atoms with Crippen molar-refractivity contribution in [2.24, 2.45) is 4.99 Å². The van der Waals surface area contributed by atoms with Gasteiger partial charge in [-0.25, -0.2) is 9.98 Å². The van der Waals surface area contributed by atoms with Gasteiger partial charge in [0, 0.05) is 45.0 Å². The third-order valence-corrected chi connectivity index (χ3v) is 4.55. The topological polar surface area (TPSA) is 65.4 Å². The molecule has 0 radical (unpaired) electrons. The molecule has 2 rings (SSSR count). The van der Waals surface area contributed by atoms with Gasteiger partial charge in [0.2, 0.25) is 0 Å². The van der Waals surface area contributed by atoms with Crippen LogP contribution in [0.3, 0.4) is 0 Å². The molecule has 2 N–H and O–H groups in total. The van der Waals surface area contributed by atoms with Gasteiger partial charge in [-0.2, -0.15) is 0 Å². The van der Waals surface area contributed by atoms with Crippen molar-refractivity contribution in [1.82, 2.24) is 20.6 Å². The number of rotatable bonds is 7. The van der Waals surface area contributed by atoms with E-state index in [1.165, 1.54) is 11.1 Å². The minimum Gasteiger partial charge on any atom is -0.357 e. The predicted molar refractivity (Wildman–Crippen MR) is 102 cm³/mol. The molecule has 0 saturated carbocycles. The van der Waals surface area contributed by atoms with Gasteiger partial charge in [0.1, 0.15) is 0 Å². The van der Waals surface area contributed by atoms with Crippen molar-refractivity contribution >= 4 is 22.4 Å². The summed E-state index contributed by atoms with van der Waals surface area (Å²) in [5.74, 6) is 0.823. The maximum atomic E-state index is 4.62. The molecule has 0 atom stereocenters. The molecule has 130 valence electrons. The van der Waals surface area contributed by atoms with Crippen LogP contribution in [-0.4, -0.2) is 43.1 Å². The lowest BCUT2D eigenvalue weighted by Gasteiger charge is -2.11. The molecule has 0 aromatic carbocycles. The summed E-state index contributed by atoms with van der Waals surface area (Å²) in [7, 11) is 4.00. The molecule has 2 aromatic heterocycles. The number of anilines is 1. The highest BCUT2D eigenvalue weighted by atomic mass is 32.1. The summed E-state index contributed by atoms with van der Waals surface area (Å²) in [4.78, 5) is 15.3. The van der Waals surface area contributed by atoms with Crippen LogP contribution in [0.15, 0.2) is 28.8 Å². The second kappa shape index (κ2) is 9.22. The smallest absolute Gasteiger partial charge is 0.191 e. The number of aryl methyl sites for hydroxylation is 1. The molecule has 0 saturated heterocycles. The van der Waals surface area contributed by atoms with Crippen molar-refractivity contribution in [1.29, 1.82) is 0 Å². The van der Waals surface area contributed by atoms with Gasteiger partial charge in [-0.1, -0.05) is 0 Å². The van der Waals surface area contributed by atoms with Crippen LogP contribution in [0.2, 0.25) is 0 Å². The largest absolute Gasteiger partial charge is 0.357 e. The summed E-state index contributed by atoms with van der Waals surface area (Å²) in [5.41, 5.74) is 3.52. The number of aliphatic imine (C=N–C) groups is 1. The van der Waals surface area contributed by atoms with Gasteiger partial charge < -0.3 is 15.5 Å². The highest BCUT2D eigenvalue weighted by molar-refractivity contribution is 7.13. The van der Waals surface area contributed by atoms with Gasteiger partial charge in [0.05, 0.1) is 12.2 Å². The number of hydrogen-bond donors (Lipinski definition) is 2. The van der Waals surface area contributed by atoms with E-state index in [2.05, 4.69) is 50.9 Å². The minimum atomic E-state index is 0.577. The Kier molecular flexibility index (Phi) is 6.99. The average Bonchev–Trinajstić information content (AvgIpc) is 3.03. The molecule has 0 aliphatic rings. The molecule has 0 unspecified atom stereocenters. The van der Waals surface area contributed by atoms with E-state index in [4.69, 9.17) is 0 Å². The Morgan fingerprint density at radius 1 is 1.33 bits per heavy atom. The normalized spacial score (nSPS) is 11.4. The van der Waals surface area contributed by atoms with E-state index < -0.39 is 0 Å². The molecule has 0 bridgehead atoms. The Balaban J connectivity index is 1.89. The molecule has 0 aliphatic carbocycles. The lowest BCUT2D eigenvalue weighted by molar-refractivity contribution is 0.794.